The highest BCUT2D eigenvalue weighted by atomic mass is 32.2. The van der Waals surface area contributed by atoms with Gasteiger partial charge in [-0.1, -0.05) is 35.9 Å². The van der Waals surface area contributed by atoms with Gasteiger partial charge in [0.05, 0.1) is 5.75 Å². The van der Waals surface area contributed by atoms with Crippen molar-refractivity contribution in [2.24, 2.45) is 0 Å². The summed E-state index contributed by atoms with van der Waals surface area (Å²) in [6.07, 6.45) is 1.71. The highest BCUT2D eigenvalue weighted by Crippen LogP contribution is 2.09. The van der Waals surface area contributed by atoms with Crippen LogP contribution in [0.25, 0.3) is 0 Å². The summed E-state index contributed by atoms with van der Waals surface area (Å²) >= 11 is 0. The van der Waals surface area contributed by atoms with E-state index in [2.05, 4.69) is 29.6 Å². The Bertz CT molecular complexity index is 488. The maximum Gasteiger partial charge on any atom is 0.173 e. The number of hydrogen-bond donors (Lipinski definition) is 1. The van der Waals surface area contributed by atoms with Crippen molar-refractivity contribution in [1.29, 1.82) is 0 Å². The normalized spacial score (nSPS) is 22.4. The molecule has 0 radical (unpaired) electrons. The van der Waals surface area contributed by atoms with Gasteiger partial charge in [0.25, 0.3) is 0 Å². The molecule has 2 rings (SSSR count). The van der Waals surface area contributed by atoms with Crippen LogP contribution in [0.5, 0.6) is 0 Å². The highest BCUT2D eigenvalue weighted by molar-refractivity contribution is 7.94. The number of benzene rings is 1. The van der Waals surface area contributed by atoms with Gasteiger partial charge in [0.2, 0.25) is 0 Å². The molecule has 4 heteroatoms. The third-order valence-electron chi connectivity index (χ3n) is 2.62. The van der Waals surface area contributed by atoms with Crippen molar-refractivity contribution in [3.05, 3.63) is 46.9 Å². The lowest BCUT2D eigenvalue weighted by atomic mass is 10.1. The standard InChI is InChI=1S/C12H15NO2S/c1-10-2-4-11(5-3-10)8-13-12-6-7-16(14,15)9-12/h2-7,12-13H,8-9H2,1H3/t12-/m0/s1. The Balaban J connectivity index is 1.89. The monoisotopic (exact) mass is 237 g/mol. The lowest BCUT2D eigenvalue weighted by Crippen LogP contribution is -2.29. The molecule has 0 saturated heterocycles. The van der Waals surface area contributed by atoms with Crippen LogP contribution >= 0.6 is 0 Å². The topological polar surface area (TPSA) is 46.2 Å². The first-order valence-corrected chi connectivity index (χ1v) is 6.97. The fourth-order valence-electron chi connectivity index (χ4n) is 1.66. The summed E-state index contributed by atoms with van der Waals surface area (Å²) in [5, 5.41) is 4.50. The van der Waals surface area contributed by atoms with Crippen LogP contribution in [0.3, 0.4) is 0 Å². The summed E-state index contributed by atoms with van der Waals surface area (Å²) in [5.74, 6) is 0.179. The first kappa shape index (κ1) is 11.4. The fraction of sp³-hybridized carbons (Fsp3) is 0.333. The second-order valence-electron chi connectivity index (χ2n) is 4.13. The van der Waals surface area contributed by atoms with Crippen LogP contribution in [0.15, 0.2) is 35.7 Å². The highest BCUT2D eigenvalue weighted by Gasteiger charge is 2.20. The van der Waals surface area contributed by atoms with Gasteiger partial charge in [-0.2, -0.15) is 0 Å². The first-order chi connectivity index (χ1) is 7.55. The summed E-state index contributed by atoms with van der Waals surface area (Å²) < 4.78 is 22.3. The van der Waals surface area contributed by atoms with Gasteiger partial charge in [0.15, 0.2) is 9.84 Å². The van der Waals surface area contributed by atoms with Crippen molar-refractivity contribution in [1.82, 2.24) is 5.32 Å². The maximum atomic E-state index is 11.2. The van der Waals surface area contributed by atoms with Crippen molar-refractivity contribution in [2.45, 2.75) is 19.5 Å². The molecule has 1 heterocycles. The Kier molecular flexibility index (Phi) is 3.12. The molecule has 0 aromatic heterocycles. The molecule has 0 unspecified atom stereocenters. The van der Waals surface area contributed by atoms with E-state index in [-0.39, 0.29) is 11.8 Å². The van der Waals surface area contributed by atoms with Crippen molar-refractivity contribution in [2.75, 3.05) is 5.75 Å². The van der Waals surface area contributed by atoms with E-state index < -0.39 is 9.84 Å². The average Bonchev–Trinajstić information content (AvgIpc) is 2.58. The summed E-state index contributed by atoms with van der Waals surface area (Å²) in [5.41, 5.74) is 2.40. The van der Waals surface area contributed by atoms with Crippen LogP contribution in [0, 0.1) is 6.92 Å². The molecule has 3 nitrogen and oxygen atoms in total. The summed E-state index contributed by atoms with van der Waals surface area (Å²) in [4.78, 5) is 0. The zero-order valence-corrected chi connectivity index (χ0v) is 10.00. The molecule has 0 spiro atoms. The van der Waals surface area contributed by atoms with Gasteiger partial charge in [0.1, 0.15) is 0 Å². The van der Waals surface area contributed by atoms with Crippen molar-refractivity contribution in [3.8, 4) is 0 Å². The van der Waals surface area contributed by atoms with Crippen LogP contribution in [-0.2, 0) is 16.4 Å². The molecule has 1 atom stereocenters. The Morgan fingerprint density at radius 1 is 1.31 bits per heavy atom. The number of hydrogen-bond acceptors (Lipinski definition) is 3. The van der Waals surface area contributed by atoms with E-state index in [0.717, 1.165) is 0 Å². The van der Waals surface area contributed by atoms with Crippen LogP contribution < -0.4 is 5.32 Å². The second-order valence-corrected chi connectivity index (χ2v) is 6.06. The van der Waals surface area contributed by atoms with E-state index in [1.165, 1.54) is 16.5 Å². The molecule has 16 heavy (non-hydrogen) atoms. The molecule has 0 saturated carbocycles. The largest absolute Gasteiger partial charge is 0.305 e. The first-order valence-electron chi connectivity index (χ1n) is 5.25. The molecular weight excluding hydrogens is 222 g/mol. The van der Waals surface area contributed by atoms with Crippen LogP contribution in [0.2, 0.25) is 0 Å². The Labute approximate surface area is 96.1 Å². The molecule has 1 aliphatic rings. The minimum absolute atomic E-state index is 0.0497. The van der Waals surface area contributed by atoms with Crippen molar-refractivity contribution in [3.63, 3.8) is 0 Å². The van der Waals surface area contributed by atoms with Gasteiger partial charge < -0.3 is 5.32 Å². The molecule has 0 fully saturated rings. The number of nitrogens with one attached hydrogen (secondary N) is 1. The lowest BCUT2D eigenvalue weighted by molar-refractivity contribution is 0.590. The van der Waals surface area contributed by atoms with Crippen LogP contribution in [0.4, 0.5) is 0 Å². The Hall–Kier alpha value is -1.13. The Morgan fingerprint density at radius 3 is 2.56 bits per heavy atom. The van der Waals surface area contributed by atoms with E-state index in [1.807, 2.05) is 6.92 Å². The van der Waals surface area contributed by atoms with Gasteiger partial charge in [-0.05, 0) is 12.5 Å². The molecule has 86 valence electrons. The lowest BCUT2D eigenvalue weighted by Gasteiger charge is -2.09. The van der Waals surface area contributed by atoms with E-state index in [1.54, 1.807) is 6.08 Å². The van der Waals surface area contributed by atoms with Gasteiger partial charge in [0, 0.05) is 18.0 Å². The summed E-state index contributed by atoms with van der Waals surface area (Å²) in [6.45, 7) is 2.74. The van der Waals surface area contributed by atoms with E-state index >= 15 is 0 Å². The summed E-state index contributed by atoms with van der Waals surface area (Å²) in [6, 6.07) is 8.16. The fourth-order valence-corrected chi connectivity index (χ4v) is 2.93. The van der Waals surface area contributed by atoms with E-state index in [9.17, 15) is 8.42 Å². The van der Waals surface area contributed by atoms with Crippen LogP contribution in [0.1, 0.15) is 11.1 Å². The quantitative estimate of drug-likeness (QED) is 0.864. The predicted molar refractivity (Wildman–Crippen MR) is 64.7 cm³/mol. The smallest absolute Gasteiger partial charge is 0.173 e. The Morgan fingerprint density at radius 2 is 2.00 bits per heavy atom. The number of rotatable bonds is 3. The number of aryl methyl sites for hydroxylation is 1. The molecule has 1 N–H and O–H groups in total. The van der Waals surface area contributed by atoms with E-state index in [0.29, 0.717) is 6.54 Å². The molecular formula is C12H15NO2S. The molecule has 1 aliphatic heterocycles. The van der Waals surface area contributed by atoms with Gasteiger partial charge in [-0.15, -0.1) is 0 Å². The summed E-state index contributed by atoms with van der Waals surface area (Å²) in [7, 11) is -2.95. The number of sulfone groups is 1. The zero-order chi connectivity index (χ0) is 11.6. The van der Waals surface area contributed by atoms with Crippen molar-refractivity contribution >= 4 is 9.84 Å². The molecule has 0 aliphatic carbocycles. The average molecular weight is 237 g/mol. The maximum absolute atomic E-state index is 11.2. The van der Waals surface area contributed by atoms with Crippen molar-refractivity contribution < 1.29 is 8.42 Å². The third-order valence-corrected chi connectivity index (χ3v) is 4.01. The molecule has 0 amide bonds. The second kappa shape index (κ2) is 4.39. The SMILES string of the molecule is Cc1ccc(CN[C@H]2C=CS(=O)(=O)C2)cc1. The van der Waals surface area contributed by atoms with E-state index in [4.69, 9.17) is 0 Å². The van der Waals surface area contributed by atoms with Gasteiger partial charge in [-0.3, -0.25) is 0 Å². The van der Waals surface area contributed by atoms with Gasteiger partial charge >= 0.3 is 0 Å². The van der Waals surface area contributed by atoms with Gasteiger partial charge in [-0.25, -0.2) is 8.42 Å². The minimum atomic E-state index is -2.95. The molecule has 1 aromatic carbocycles. The van der Waals surface area contributed by atoms with Crippen LogP contribution in [-0.4, -0.2) is 20.2 Å². The predicted octanol–water partition coefficient (Wildman–Crippen LogP) is 1.40. The minimum Gasteiger partial charge on any atom is -0.305 e. The molecule has 0 bridgehead atoms. The third kappa shape index (κ3) is 2.93. The molecule has 1 aromatic rings. The zero-order valence-electron chi connectivity index (χ0n) is 9.18.